The molecule has 19 heavy (non-hydrogen) atoms. The first-order valence-electron chi connectivity index (χ1n) is 5.74. The van der Waals surface area contributed by atoms with E-state index in [0.717, 1.165) is 10.8 Å². The van der Waals surface area contributed by atoms with Gasteiger partial charge in [-0.25, -0.2) is 0 Å². The standard InChI is InChI=1S/C15H9NO3/c16-8-10-2-4-13-12(5-10)11-3-1-9(7-15(17)18)6-14(11)19-13/h1-6H,7H2,(H,17,18). The van der Waals surface area contributed by atoms with E-state index >= 15 is 0 Å². The van der Waals surface area contributed by atoms with Crippen molar-refractivity contribution in [3.8, 4) is 6.07 Å². The highest BCUT2D eigenvalue weighted by Gasteiger charge is 2.09. The quantitative estimate of drug-likeness (QED) is 0.759. The Labute approximate surface area is 108 Å². The Balaban J connectivity index is 2.23. The number of hydrogen-bond donors (Lipinski definition) is 1. The van der Waals surface area contributed by atoms with Crippen LogP contribution in [0.4, 0.5) is 0 Å². The zero-order valence-corrected chi connectivity index (χ0v) is 9.88. The summed E-state index contributed by atoms with van der Waals surface area (Å²) in [4.78, 5) is 10.7. The molecule has 1 heterocycles. The van der Waals surface area contributed by atoms with Gasteiger partial charge in [-0.2, -0.15) is 5.26 Å². The first kappa shape index (κ1) is 11.3. The first-order chi connectivity index (χ1) is 9.17. The van der Waals surface area contributed by atoms with Gasteiger partial charge in [0.05, 0.1) is 18.1 Å². The highest BCUT2D eigenvalue weighted by Crippen LogP contribution is 2.30. The monoisotopic (exact) mass is 251 g/mol. The summed E-state index contributed by atoms with van der Waals surface area (Å²) >= 11 is 0. The fourth-order valence-electron chi connectivity index (χ4n) is 2.18. The van der Waals surface area contributed by atoms with Gasteiger partial charge in [0.15, 0.2) is 0 Å². The van der Waals surface area contributed by atoms with Crippen molar-refractivity contribution in [1.29, 1.82) is 5.26 Å². The molecule has 0 saturated carbocycles. The average Bonchev–Trinajstić information content (AvgIpc) is 2.74. The summed E-state index contributed by atoms with van der Waals surface area (Å²) in [5, 5.41) is 19.4. The fraction of sp³-hybridized carbons (Fsp3) is 0.0667. The van der Waals surface area contributed by atoms with Crippen LogP contribution in [-0.4, -0.2) is 11.1 Å². The molecule has 0 atom stereocenters. The zero-order valence-electron chi connectivity index (χ0n) is 9.88. The second kappa shape index (κ2) is 4.14. The minimum absolute atomic E-state index is 0.0313. The van der Waals surface area contributed by atoms with Gasteiger partial charge in [-0.1, -0.05) is 12.1 Å². The lowest BCUT2D eigenvalue weighted by Gasteiger charge is -1.96. The molecule has 0 amide bonds. The zero-order chi connectivity index (χ0) is 13.4. The third kappa shape index (κ3) is 1.91. The Bertz CT molecular complexity index is 840. The van der Waals surface area contributed by atoms with E-state index in [2.05, 4.69) is 6.07 Å². The van der Waals surface area contributed by atoms with Crippen molar-refractivity contribution in [1.82, 2.24) is 0 Å². The van der Waals surface area contributed by atoms with Crippen LogP contribution in [0.1, 0.15) is 11.1 Å². The summed E-state index contributed by atoms with van der Waals surface area (Å²) in [7, 11) is 0. The summed E-state index contributed by atoms with van der Waals surface area (Å²) in [5.41, 5.74) is 2.61. The molecular weight excluding hydrogens is 242 g/mol. The summed E-state index contributed by atoms with van der Waals surface area (Å²) < 4.78 is 5.67. The van der Waals surface area contributed by atoms with Crippen LogP contribution in [0.2, 0.25) is 0 Å². The maximum Gasteiger partial charge on any atom is 0.307 e. The Hall–Kier alpha value is -2.80. The number of benzene rings is 2. The van der Waals surface area contributed by atoms with Gasteiger partial charge in [0, 0.05) is 10.8 Å². The van der Waals surface area contributed by atoms with Crippen LogP contribution in [0, 0.1) is 11.3 Å². The number of carboxylic acids is 1. The van der Waals surface area contributed by atoms with E-state index in [1.165, 1.54) is 0 Å². The molecule has 0 aliphatic heterocycles. The number of carboxylic acid groups (broad SMARTS) is 1. The SMILES string of the molecule is N#Cc1ccc2oc3cc(CC(=O)O)ccc3c2c1. The maximum absolute atomic E-state index is 10.7. The average molecular weight is 251 g/mol. The van der Waals surface area contributed by atoms with Crippen molar-refractivity contribution in [3.63, 3.8) is 0 Å². The molecule has 4 nitrogen and oxygen atoms in total. The van der Waals surface area contributed by atoms with Crippen molar-refractivity contribution in [2.24, 2.45) is 0 Å². The van der Waals surface area contributed by atoms with Crippen LogP contribution in [0.5, 0.6) is 0 Å². The van der Waals surface area contributed by atoms with Gasteiger partial charge in [0.1, 0.15) is 11.2 Å². The van der Waals surface area contributed by atoms with E-state index in [-0.39, 0.29) is 6.42 Å². The number of furan rings is 1. The van der Waals surface area contributed by atoms with Gasteiger partial charge in [-0.3, -0.25) is 4.79 Å². The van der Waals surface area contributed by atoms with Crippen molar-refractivity contribution >= 4 is 27.9 Å². The predicted molar refractivity (Wildman–Crippen MR) is 69.8 cm³/mol. The highest BCUT2D eigenvalue weighted by atomic mass is 16.4. The van der Waals surface area contributed by atoms with E-state index in [0.29, 0.717) is 22.3 Å². The van der Waals surface area contributed by atoms with Gasteiger partial charge in [0.2, 0.25) is 0 Å². The lowest BCUT2D eigenvalue weighted by Crippen LogP contribution is -1.99. The van der Waals surface area contributed by atoms with E-state index in [4.69, 9.17) is 14.8 Å². The van der Waals surface area contributed by atoms with Crippen LogP contribution >= 0.6 is 0 Å². The molecule has 3 aromatic rings. The second-order valence-corrected chi connectivity index (χ2v) is 4.33. The minimum Gasteiger partial charge on any atom is -0.481 e. The lowest BCUT2D eigenvalue weighted by molar-refractivity contribution is -0.136. The summed E-state index contributed by atoms with van der Waals surface area (Å²) in [6, 6.07) is 12.7. The number of fused-ring (bicyclic) bond motifs is 3. The summed E-state index contributed by atoms with van der Waals surface area (Å²) in [6.45, 7) is 0. The normalized spacial score (nSPS) is 10.7. The Kier molecular flexibility index (Phi) is 2.46. The number of carbonyl (C=O) groups is 1. The van der Waals surface area contributed by atoms with E-state index in [9.17, 15) is 4.79 Å². The third-order valence-corrected chi connectivity index (χ3v) is 3.02. The summed E-state index contributed by atoms with van der Waals surface area (Å²) in [6.07, 6.45) is -0.0313. The molecule has 2 aromatic carbocycles. The van der Waals surface area contributed by atoms with E-state index in [1.54, 1.807) is 30.3 Å². The van der Waals surface area contributed by atoms with Gasteiger partial charge in [0.25, 0.3) is 0 Å². The van der Waals surface area contributed by atoms with Gasteiger partial charge < -0.3 is 9.52 Å². The van der Waals surface area contributed by atoms with Gasteiger partial charge >= 0.3 is 5.97 Å². The first-order valence-corrected chi connectivity index (χ1v) is 5.74. The Morgan fingerprint density at radius 1 is 1.16 bits per heavy atom. The molecule has 4 heteroatoms. The number of hydrogen-bond acceptors (Lipinski definition) is 3. The largest absolute Gasteiger partial charge is 0.481 e. The fourth-order valence-corrected chi connectivity index (χ4v) is 2.18. The molecule has 3 rings (SSSR count). The van der Waals surface area contributed by atoms with E-state index < -0.39 is 5.97 Å². The number of aliphatic carboxylic acids is 1. The van der Waals surface area contributed by atoms with Crippen LogP contribution in [0.25, 0.3) is 21.9 Å². The molecule has 0 fully saturated rings. The molecule has 0 saturated heterocycles. The molecule has 0 bridgehead atoms. The minimum atomic E-state index is -0.873. The lowest BCUT2D eigenvalue weighted by atomic mass is 10.1. The molecular formula is C15H9NO3. The molecule has 1 N–H and O–H groups in total. The smallest absolute Gasteiger partial charge is 0.307 e. The van der Waals surface area contributed by atoms with Gasteiger partial charge in [-0.15, -0.1) is 0 Å². The topological polar surface area (TPSA) is 74.2 Å². The predicted octanol–water partition coefficient (Wildman–Crippen LogP) is 3.08. The number of nitriles is 1. The molecule has 0 unspecified atom stereocenters. The molecule has 0 aliphatic carbocycles. The van der Waals surface area contributed by atoms with Gasteiger partial charge in [-0.05, 0) is 29.8 Å². The third-order valence-electron chi connectivity index (χ3n) is 3.02. The number of rotatable bonds is 2. The van der Waals surface area contributed by atoms with Crippen LogP contribution in [0.3, 0.4) is 0 Å². The van der Waals surface area contributed by atoms with Crippen molar-refractivity contribution in [2.45, 2.75) is 6.42 Å². The van der Waals surface area contributed by atoms with Crippen LogP contribution in [0.15, 0.2) is 40.8 Å². The Morgan fingerprint density at radius 2 is 2.00 bits per heavy atom. The summed E-state index contributed by atoms with van der Waals surface area (Å²) in [5.74, 6) is -0.873. The second-order valence-electron chi connectivity index (χ2n) is 4.33. The van der Waals surface area contributed by atoms with Crippen LogP contribution < -0.4 is 0 Å². The Morgan fingerprint density at radius 3 is 2.74 bits per heavy atom. The molecule has 0 radical (unpaired) electrons. The number of nitrogens with zero attached hydrogens (tertiary/aromatic N) is 1. The van der Waals surface area contributed by atoms with Crippen molar-refractivity contribution in [3.05, 3.63) is 47.5 Å². The van der Waals surface area contributed by atoms with E-state index in [1.807, 2.05) is 6.07 Å². The molecule has 0 spiro atoms. The molecule has 1 aromatic heterocycles. The maximum atomic E-state index is 10.7. The van der Waals surface area contributed by atoms with Crippen molar-refractivity contribution < 1.29 is 14.3 Å². The molecule has 92 valence electrons. The highest BCUT2D eigenvalue weighted by molar-refractivity contribution is 6.05. The van der Waals surface area contributed by atoms with Crippen molar-refractivity contribution in [2.75, 3.05) is 0 Å². The molecule has 0 aliphatic rings. The van der Waals surface area contributed by atoms with Crippen LogP contribution in [-0.2, 0) is 11.2 Å².